The molecule has 0 aliphatic heterocycles. The lowest BCUT2D eigenvalue weighted by Gasteiger charge is -2.12. The predicted molar refractivity (Wildman–Crippen MR) is 105 cm³/mol. The van der Waals surface area contributed by atoms with Crippen LogP contribution >= 0.6 is 24.0 Å². The van der Waals surface area contributed by atoms with Gasteiger partial charge in [-0.15, -0.1) is 24.0 Å². The molecule has 0 bridgehead atoms. The normalized spacial score (nSPS) is 10.7. The van der Waals surface area contributed by atoms with Crippen LogP contribution in [-0.4, -0.2) is 31.6 Å². The van der Waals surface area contributed by atoms with Gasteiger partial charge in [0.25, 0.3) is 0 Å². The maximum atomic E-state index is 12.8. The second-order valence-electron chi connectivity index (χ2n) is 4.94. The van der Waals surface area contributed by atoms with Gasteiger partial charge in [0.1, 0.15) is 5.82 Å². The van der Waals surface area contributed by atoms with Crippen LogP contribution in [0, 0.1) is 5.82 Å². The maximum Gasteiger partial charge on any atom is 0.213 e. The van der Waals surface area contributed by atoms with E-state index in [9.17, 15) is 4.39 Å². The van der Waals surface area contributed by atoms with Crippen molar-refractivity contribution in [2.75, 3.05) is 20.7 Å². The molecule has 130 valence electrons. The average Bonchev–Trinajstić information content (AvgIpc) is 2.59. The Morgan fingerprint density at radius 2 is 1.92 bits per heavy atom. The topological polar surface area (TPSA) is 58.5 Å². The van der Waals surface area contributed by atoms with E-state index in [0.717, 1.165) is 17.5 Å². The molecule has 0 aliphatic rings. The summed E-state index contributed by atoms with van der Waals surface area (Å²) in [5, 5.41) is 6.46. The number of hydrogen-bond acceptors (Lipinski definition) is 3. The molecule has 1 aromatic carbocycles. The van der Waals surface area contributed by atoms with Crippen molar-refractivity contribution < 1.29 is 9.13 Å². The van der Waals surface area contributed by atoms with Gasteiger partial charge in [0, 0.05) is 32.4 Å². The van der Waals surface area contributed by atoms with Gasteiger partial charge in [-0.2, -0.15) is 0 Å². The molecule has 1 aromatic heterocycles. The predicted octanol–water partition coefficient (Wildman–Crippen LogP) is 2.76. The zero-order chi connectivity index (χ0) is 16.5. The molecular formula is C17H22FIN4O. The summed E-state index contributed by atoms with van der Waals surface area (Å²) in [5.74, 6) is 1.08. The molecule has 0 spiro atoms. The number of methoxy groups -OCH3 is 1. The standard InChI is InChI=1S/C17H21FN4O.HI/c1-19-17(21-10-7-13-3-5-15(18)6-4-13)22-12-14-8-9-20-16(11-14)23-2;/h3-6,8-9,11H,7,10,12H2,1-2H3,(H2,19,21,22);1H. The Hall–Kier alpha value is -1.90. The van der Waals surface area contributed by atoms with E-state index < -0.39 is 0 Å². The summed E-state index contributed by atoms with van der Waals surface area (Å²) in [5.41, 5.74) is 2.13. The highest BCUT2D eigenvalue weighted by Gasteiger charge is 2.01. The number of guanidine groups is 1. The Bertz CT molecular complexity index is 649. The summed E-state index contributed by atoms with van der Waals surface area (Å²) >= 11 is 0. The second kappa shape index (κ2) is 10.8. The lowest BCUT2D eigenvalue weighted by Crippen LogP contribution is -2.37. The summed E-state index contributed by atoms with van der Waals surface area (Å²) in [7, 11) is 3.32. The monoisotopic (exact) mass is 444 g/mol. The van der Waals surface area contributed by atoms with Crippen molar-refractivity contribution in [2.24, 2.45) is 4.99 Å². The second-order valence-corrected chi connectivity index (χ2v) is 4.94. The third-order valence-corrected chi connectivity index (χ3v) is 3.31. The number of ether oxygens (including phenoxy) is 1. The summed E-state index contributed by atoms with van der Waals surface area (Å²) in [6.07, 6.45) is 2.50. The van der Waals surface area contributed by atoms with E-state index in [1.165, 1.54) is 12.1 Å². The average molecular weight is 444 g/mol. The zero-order valence-corrected chi connectivity index (χ0v) is 16.1. The lowest BCUT2D eigenvalue weighted by molar-refractivity contribution is 0.397. The number of rotatable bonds is 6. The van der Waals surface area contributed by atoms with E-state index in [4.69, 9.17) is 4.74 Å². The number of pyridine rings is 1. The highest BCUT2D eigenvalue weighted by Crippen LogP contribution is 2.08. The van der Waals surface area contributed by atoms with Crippen LogP contribution in [0.4, 0.5) is 4.39 Å². The number of aliphatic imine (C=N–C) groups is 1. The summed E-state index contributed by atoms with van der Waals surface area (Å²) < 4.78 is 17.9. The van der Waals surface area contributed by atoms with Crippen molar-refractivity contribution >= 4 is 29.9 Å². The van der Waals surface area contributed by atoms with Gasteiger partial charge in [-0.25, -0.2) is 9.37 Å². The largest absolute Gasteiger partial charge is 0.481 e. The Balaban J connectivity index is 0.00000288. The Labute approximate surface area is 158 Å². The summed E-state index contributed by atoms with van der Waals surface area (Å²) in [6.45, 7) is 1.33. The third kappa shape index (κ3) is 6.69. The summed E-state index contributed by atoms with van der Waals surface area (Å²) in [6, 6.07) is 10.3. The zero-order valence-electron chi connectivity index (χ0n) is 13.8. The van der Waals surface area contributed by atoms with Crippen molar-refractivity contribution in [1.82, 2.24) is 15.6 Å². The van der Waals surface area contributed by atoms with Gasteiger partial charge < -0.3 is 15.4 Å². The molecule has 2 rings (SSSR count). The first-order chi connectivity index (χ1) is 11.2. The number of nitrogens with one attached hydrogen (secondary N) is 2. The fourth-order valence-corrected chi connectivity index (χ4v) is 2.05. The van der Waals surface area contributed by atoms with Crippen molar-refractivity contribution in [3.8, 4) is 5.88 Å². The molecule has 0 saturated carbocycles. The molecule has 0 atom stereocenters. The van der Waals surface area contributed by atoms with Gasteiger partial charge in [0.05, 0.1) is 7.11 Å². The third-order valence-electron chi connectivity index (χ3n) is 3.31. The molecule has 0 fully saturated rings. The van der Waals surface area contributed by atoms with E-state index in [1.54, 1.807) is 32.5 Å². The first-order valence-corrected chi connectivity index (χ1v) is 7.39. The van der Waals surface area contributed by atoms with Gasteiger partial charge >= 0.3 is 0 Å². The Morgan fingerprint density at radius 3 is 2.58 bits per heavy atom. The van der Waals surface area contributed by atoms with Crippen LogP contribution in [-0.2, 0) is 13.0 Å². The first-order valence-electron chi connectivity index (χ1n) is 7.39. The van der Waals surface area contributed by atoms with Crippen molar-refractivity contribution in [3.63, 3.8) is 0 Å². The van der Waals surface area contributed by atoms with Crippen LogP contribution in [0.25, 0.3) is 0 Å². The Morgan fingerprint density at radius 1 is 1.17 bits per heavy atom. The van der Waals surface area contributed by atoms with Crippen LogP contribution < -0.4 is 15.4 Å². The minimum atomic E-state index is -0.216. The molecule has 2 N–H and O–H groups in total. The van der Waals surface area contributed by atoms with Gasteiger partial charge in [0.2, 0.25) is 5.88 Å². The molecule has 5 nitrogen and oxygen atoms in total. The molecule has 2 aromatic rings. The van der Waals surface area contributed by atoms with Crippen LogP contribution in [0.3, 0.4) is 0 Å². The van der Waals surface area contributed by atoms with Crippen LogP contribution in [0.2, 0.25) is 0 Å². The molecule has 0 saturated heterocycles. The molecule has 0 amide bonds. The van der Waals surface area contributed by atoms with Crippen LogP contribution in [0.1, 0.15) is 11.1 Å². The van der Waals surface area contributed by atoms with Crippen molar-refractivity contribution in [1.29, 1.82) is 0 Å². The highest BCUT2D eigenvalue weighted by molar-refractivity contribution is 14.0. The maximum absolute atomic E-state index is 12.8. The SMILES string of the molecule is CN=C(NCCc1ccc(F)cc1)NCc1ccnc(OC)c1.I. The highest BCUT2D eigenvalue weighted by atomic mass is 127. The van der Waals surface area contributed by atoms with E-state index >= 15 is 0 Å². The fourth-order valence-electron chi connectivity index (χ4n) is 2.05. The minimum absolute atomic E-state index is 0. The van der Waals surface area contributed by atoms with E-state index in [0.29, 0.717) is 24.9 Å². The van der Waals surface area contributed by atoms with Crippen LogP contribution in [0.5, 0.6) is 5.88 Å². The van der Waals surface area contributed by atoms with Crippen molar-refractivity contribution in [3.05, 3.63) is 59.5 Å². The number of hydrogen-bond donors (Lipinski definition) is 2. The molecule has 1 heterocycles. The molecular weight excluding hydrogens is 422 g/mol. The fraction of sp³-hybridized carbons (Fsp3) is 0.294. The Kier molecular flexibility index (Phi) is 9.06. The quantitative estimate of drug-likeness (QED) is 0.409. The van der Waals surface area contributed by atoms with Gasteiger partial charge in [0.15, 0.2) is 5.96 Å². The van der Waals surface area contributed by atoms with E-state index in [2.05, 4.69) is 20.6 Å². The van der Waals surface area contributed by atoms with Gasteiger partial charge in [-0.1, -0.05) is 12.1 Å². The van der Waals surface area contributed by atoms with Gasteiger partial charge in [-0.3, -0.25) is 4.99 Å². The number of nitrogens with zero attached hydrogens (tertiary/aromatic N) is 2. The molecule has 0 unspecified atom stereocenters. The lowest BCUT2D eigenvalue weighted by atomic mass is 10.1. The molecule has 24 heavy (non-hydrogen) atoms. The van der Waals surface area contributed by atoms with E-state index in [1.807, 2.05) is 12.1 Å². The molecule has 0 radical (unpaired) electrons. The van der Waals surface area contributed by atoms with Crippen LogP contribution in [0.15, 0.2) is 47.6 Å². The van der Waals surface area contributed by atoms with Gasteiger partial charge in [-0.05, 0) is 35.7 Å². The molecule has 7 heteroatoms. The number of aromatic nitrogens is 1. The van der Waals surface area contributed by atoms with E-state index in [-0.39, 0.29) is 29.8 Å². The molecule has 0 aliphatic carbocycles. The number of halogens is 2. The number of benzene rings is 1. The summed E-state index contributed by atoms with van der Waals surface area (Å²) in [4.78, 5) is 8.25. The smallest absolute Gasteiger partial charge is 0.213 e. The van der Waals surface area contributed by atoms with Crippen molar-refractivity contribution in [2.45, 2.75) is 13.0 Å². The minimum Gasteiger partial charge on any atom is -0.481 e. The first kappa shape index (κ1) is 20.1.